The third-order valence-electron chi connectivity index (χ3n) is 6.40. The van der Waals surface area contributed by atoms with Gasteiger partial charge in [0.15, 0.2) is 0 Å². The van der Waals surface area contributed by atoms with Gasteiger partial charge in [-0.15, -0.1) is 0 Å². The molecule has 1 amide bonds. The summed E-state index contributed by atoms with van der Waals surface area (Å²) in [5.74, 6) is 1.39. The number of hydrogen-bond acceptors (Lipinski definition) is 7. The summed E-state index contributed by atoms with van der Waals surface area (Å²) < 4.78 is 5.55. The second-order valence-electron chi connectivity index (χ2n) is 10.3. The molecular formula is C27H34N6O2. The number of anilines is 2. The van der Waals surface area contributed by atoms with Crippen LogP contribution in [0.5, 0.6) is 0 Å². The highest BCUT2D eigenvalue weighted by Crippen LogP contribution is 2.32. The first kappa shape index (κ1) is 24.5. The highest BCUT2D eigenvalue weighted by atomic mass is 16.6. The van der Waals surface area contributed by atoms with E-state index in [1.807, 2.05) is 39.0 Å². The zero-order valence-corrected chi connectivity index (χ0v) is 21.0. The van der Waals surface area contributed by atoms with Crippen molar-refractivity contribution in [1.82, 2.24) is 14.9 Å². The molecule has 0 radical (unpaired) electrons. The molecule has 4 rings (SSSR count). The van der Waals surface area contributed by atoms with Crippen LogP contribution in [0.15, 0.2) is 42.6 Å². The zero-order chi connectivity index (χ0) is 25.1. The van der Waals surface area contributed by atoms with Crippen LogP contribution >= 0.6 is 0 Å². The van der Waals surface area contributed by atoms with E-state index < -0.39 is 5.60 Å². The summed E-state index contributed by atoms with van der Waals surface area (Å²) in [5, 5.41) is 18.4. The highest BCUT2D eigenvalue weighted by molar-refractivity contribution is 5.94. The van der Waals surface area contributed by atoms with Crippen LogP contribution in [0.2, 0.25) is 0 Å². The third kappa shape index (κ3) is 5.91. The number of hydrogen-bond donors (Lipinski definition) is 2. The van der Waals surface area contributed by atoms with E-state index >= 15 is 0 Å². The minimum atomic E-state index is -0.519. The Bertz CT molecular complexity index is 1190. The summed E-state index contributed by atoms with van der Waals surface area (Å²) in [4.78, 5) is 23.5. The van der Waals surface area contributed by atoms with E-state index in [2.05, 4.69) is 45.7 Å². The third-order valence-corrected chi connectivity index (χ3v) is 6.40. The van der Waals surface area contributed by atoms with Crippen molar-refractivity contribution >= 4 is 28.5 Å². The van der Waals surface area contributed by atoms with Crippen molar-refractivity contribution in [3.8, 4) is 6.07 Å². The molecule has 0 unspecified atom stereocenters. The molecule has 1 aliphatic carbocycles. The summed E-state index contributed by atoms with van der Waals surface area (Å²) in [5.41, 5.74) is -0.420. The van der Waals surface area contributed by atoms with E-state index in [1.165, 1.54) is 0 Å². The van der Waals surface area contributed by atoms with Gasteiger partial charge in [-0.1, -0.05) is 31.2 Å². The van der Waals surface area contributed by atoms with Crippen LogP contribution in [0.25, 0.3) is 10.8 Å². The molecule has 35 heavy (non-hydrogen) atoms. The summed E-state index contributed by atoms with van der Waals surface area (Å²) >= 11 is 0. The van der Waals surface area contributed by atoms with E-state index in [9.17, 15) is 10.1 Å². The summed E-state index contributed by atoms with van der Waals surface area (Å²) in [7, 11) is 0. The fourth-order valence-electron chi connectivity index (χ4n) is 4.52. The number of piperidine rings is 1. The predicted molar refractivity (Wildman–Crippen MR) is 138 cm³/mol. The molecular weight excluding hydrogens is 440 g/mol. The van der Waals surface area contributed by atoms with Gasteiger partial charge in [0.25, 0.3) is 0 Å². The second kappa shape index (κ2) is 9.95. The Morgan fingerprint density at radius 1 is 1.34 bits per heavy atom. The Hall–Kier alpha value is -3.60. The van der Waals surface area contributed by atoms with Gasteiger partial charge >= 0.3 is 6.09 Å². The van der Waals surface area contributed by atoms with E-state index in [0.717, 1.165) is 36.5 Å². The van der Waals surface area contributed by atoms with Gasteiger partial charge in [0, 0.05) is 36.1 Å². The quantitative estimate of drug-likeness (QED) is 0.599. The molecule has 2 N–H and O–H groups in total. The zero-order valence-electron chi connectivity index (χ0n) is 21.0. The van der Waals surface area contributed by atoms with Gasteiger partial charge in [-0.05, 0) is 58.6 Å². The lowest BCUT2D eigenvalue weighted by molar-refractivity contribution is 0.0206. The SMILES string of the molecule is CC[C@]1(Nc2nc(C#N)cc3cnc(N[C@H]4CCCN(C(=O)OC(C)(C)C)C4)cc23)C=CC=CC1. The van der Waals surface area contributed by atoms with Crippen LogP contribution in [0.1, 0.15) is 59.1 Å². The maximum atomic E-state index is 12.5. The van der Waals surface area contributed by atoms with Gasteiger partial charge in [0.1, 0.15) is 29.0 Å². The lowest BCUT2D eigenvalue weighted by Gasteiger charge is -2.34. The number of aromatic nitrogens is 2. The van der Waals surface area contributed by atoms with Crippen molar-refractivity contribution < 1.29 is 9.53 Å². The van der Waals surface area contributed by atoms with Crippen LogP contribution in [0, 0.1) is 11.3 Å². The summed E-state index contributed by atoms with van der Waals surface area (Å²) in [6.45, 7) is 9.02. The molecule has 8 heteroatoms. The minimum absolute atomic E-state index is 0.0670. The number of amides is 1. The van der Waals surface area contributed by atoms with Crippen LogP contribution in [-0.4, -0.2) is 51.2 Å². The van der Waals surface area contributed by atoms with Gasteiger partial charge in [0.2, 0.25) is 0 Å². The number of likely N-dealkylation sites (tertiary alicyclic amines) is 1. The smallest absolute Gasteiger partial charge is 0.410 e. The molecule has 2 aliphatic rings. The Morgan fingerprint density at radius 2 is 2.17 bits per heavy atom. The predicted octanol–water partition coefficient (Wildman–Crippen LogP) is 5.39. The molecule has 0 bridgehead atoms. The molecule has 1 fully saturated rings. The molecule has 2 atom stereocenters. The molecule has 2 aromatic heterocycles. The van der Waals surface area contributed by atoms with Crippen molar-refractivity contribution in [3.63, 3.8) is 0 Å². The normalized spacial score (nSPS) is 22.0. The molecule has 1 aliphatic heterocycles. The van der Waals surface area contributed by atoms with Crippen molar-refractivity contribution in [1.29, 1.82) is 5.26 Å². The number of nitrogens with one attached hydrogen (secondary N) is 2. The Kier molecular flexibility index (Phi) is 6.97. The second-order valence-corrected chi connectivity index (χ2v) is 10.3. The lowest BCUT2D eigenvalue weighted by atomic mass is 9.88. The molecule has 8 nitrogen and oxygen atoms in total. The lowest BCUT2D eigenvalue weighted by Crippen LogP contribution is -2.47. The maximum Gasteiger partial charge on any atom is 0.410 e. The van der Waals surface area contributed by atoms with E-state index in [4.69, 9.17) is 4.74 Å². The van der Waals surface area contributed by atoms with Gasteiger partial charge in [-0.3, -0.25) is 0 Å². The molecule has 2 aromatic rings. The van der Waals surface area contributed by atoms with E-state index in [-0.39, 0.29) is 17.7 Å². The van der Waals surface area contributed by atoms with Gasteiger partial charge in [0.05, 0.1) is 5.54 Å². The minimum Gasteiger partial charge on any atom is -0.444 e. The van der Waals surface area contributed by atoms with Gasteiger partial charge in [-0.2, -0.15) is 5.26 Å². The molecule has 1 saturated heterocycles. The average Bonchev–Trinajstić information content (AvgIpc) is 2.84. The van der Waals surface area contributed by atoms with Crippen molar-refractivity contribution in [2.24, 2.45) is 0 Å². The summed E-state index contributed by atoms with van der Waals surface area (Å²) in [6, 6.07) is 5.97. The van der Waals surface area contributed by atoms with Crippen LogP contribution in [0.3, 0.4) is 0 Å². The fraction of sp³-hybridized carbons (Fsp3) is 0.481. The maximum absolute atomic E-state index is 12.5. The van der Waals surface area contributed by atoms with E-state index in [1.54, 1.807) is 17.2 Å². The van der Waals surface area contributed by atoms with Crippen molar-refractivity contribution in [2.75, 3.05) is 23.7 Å². The number of carbonyl (C=O) groups is 1. The monoisotopic (exact) mass is 474 g/mol. The Balaban J connectivity index is 1.57. The van der Waals surface area contributed by atoms with Gasteiger partial charge in [-0.25, -0.2) is 14.8 Å². The van der Waals surface area contributed by atoms with Gasteiger partial charge < -0.3 is 20.3 Å². The molecule has 184 valence electrons. The standard InChI is InChI=1S/C27H34N6O2/c1-5-27(11-7-6-8-12-27)32-24-22-15-23(29-17-19(22)14-21(16-28)31-24)30-20-10-9-13-33(18-20)25(34)35-26(2,3)4/h6-8,11,14-15,17,20H,5,9-10,12-13,18H2,1-4H3,(H,29,30)(H,31,32)/t20-,27-/m0/s1. The molecule has 0 spiro atoms. The van der Waals surface area contributed by atoms with Crippen LogP contribution < -0.4 is 10.6 Å². The number of carbonyl (C=O) groups excluding carboxylic acids is 1. The fourth-order valence-corrected chi connectivity index (χ4v) is 4.52. The number of nitriles is 1. The summed E-state index contributed by atoms with van der Waals surface area (Å²) in [6.07, 6.45) is 13.4. The molecule has 3 heterocycles. The van der Waals surface area contributed by atoms with Crippen LogP contribution in [0.4, 0.5) is 16.4 Å². The van der Waals surface area contributed by atoms with Crippen molar-refractivity contribution in [2.45, 2.75) is 70.6 Å². The Morgan fingerprint density at radius 3 is 2.86 bits per heavy atom. The number of fused-ring (bicyclic) bond motifs is 1. The number of pyridine rings is 2. The first-order chi connectivity index (χ1) is 16.7. The number of allylic oxidation sites excluding steroid dienone is 2. The molecule has 0 aromatic carbocycles. The average molecular weight is 475 g/mol. The topological polar surface area (TPSA) is 103 Å². The number of rotatable bonds is 5. The first-order valence-electron chi connectivity index (χ1n) is 12.3. The largest absolute Gasteiger partial charge is 0.444 e. The Labute approximate surface area is 207 Å². The number of ether oxygens (including phenoxy) is 1. The molecule has 0 saturated carbocycles. The highest BCUT2D eigenvalue weighted by Gasteiger charge is 2.29. The van der Waals surface area contributed by atoms with Crippen LogP contribution in [-0.2, 0) is 4.74 Å². The van der Waals surface area contributed by atoms with Crippen molar-refractivity contribution in [3.05, 3.63) is 48.3 Å². The van der Waals surface area contributed by atoms with E-state index in [0.29, 0.717) is 30.4 Å². The first-order valence-corrected chi connectivity index (χ1v) is 12.3. The number of nitrogens with zero attached hydrogens (tertiary/aromatic N) is 4.